The number of rotatable bonds is 6. The lowest BCUT2D eigenvalue weighted by Crippen LogP contribution is -2.17. The number of nitrogens with zero attached hydrogens (tertiary/aromatic N) is 2. The molecule has 0 bridgehead atoms. The number of benzene rings is 1. The third-order valence-corrected chi connectivity index (χ3v) is 4.06. The Kier molecular flexibility index (Phi) is 6.88. The zero-order valence-electron chi connectivity index (χ0n) is 14.0. The Morgan fingerprint density at radius 1 is 1.15 bits per heavy atom. The lowest BCUT2D eigenvalue weighted by molar-refractivity contribution is -0.146. The predicted octanol–water partition coefficient (Wildman–Crippen LogP) is 3.87. The highest BCUT2D eigenvalue weighted by atomic mass is 35.5. The molecule has 0 aliphatic rings. The Bertz CT molecular complexity index is 846. The molecule has 0 saturated heterocycles. The summed E-state index contributed by atoms with van der Waals surface area (Å²) in [4.78, 5) is 31.5. The number of halogens is 3. The summed E-state index contributed by atoms with van der Waals surface area (Å²) >= 11 is 12.2. The molecule has 9 heteroatoms. The summed E-state index contributed by atoms with van der Waals surface area (Å²) in [6, 6.07) is 2.14. The van der Waals surface area contributed by atoms with E-state index in [2.05, 4.69) is 14.7 Å². The van der Waals surface area contributed by atoms with Gasteiger partial charge in [-0.05, 0) is 25.5 Å². The third kappa shape index (κ3) is 4.47. The Morgan fingerprint density at radius 3 is 2.54 bits per heavy atom. The molecular formula is C17H15Cl2FN2O4. The minimum Gasteiger partial charge on any atom is -0.463 e. The molecule has 138 valence electrons. The fourth-order valence-electron chi connectivity index (χ4n) is 2.13. The van der Waals surface area contributed by atoms with Gasteiger partial charge in [0.15, 0.2) is 6.61 Å². The van der Waals surface area contributed by atoms with E-state index in [9.17, 15) is 14.0 Å². The molecule has 0 spiro atoms. The van der Waals surface area contributed by atoms with E-state index in [0.29, 0.717) is 12.1 Å². The fraction of sp³-hybridized carbons (Fsp3) is 0.294. The van der Waals surface area contributed by atoms with Crippen LogP contribution in [-0.2, 0) is 20.7 Å². The Balaban J connectivity index is 2.38. The summed E-state index contributed by atoms with van der Waals surface area (Å²) in [7, 11) is 0. The number of carbonyl (C=O) groups is 2. The van der Waals surface area contributed by atoms with Crippen LogP contribution in [0.4, 0.5) is 4.39 Å². The highest BCUT2D eigenvalue weighted by Crippen LogP contribution is 2.33. The normalized spacial score (nSPS) is 10.5. The smallest absolute Gasteiger partial charge is 0.344 e. The minimum atomic E-state index is -0.898. The molecule has 0 N–H and O–H groups in total. The van der Waals surface area contributed by atoms with Crippen molar-refractivity contribution in [2.24, 2.45) is 0 Å². The number of aromatic nitrogens is 2. The van der Waals surface area contributed by atoms with Crippen molar-refractivity contribution >= 4 is 35.1 Å². The molecule has 0 saturated carbocycles. The molecule has 0 fully saturated rings. The zero-order valence-corrected chi connectivity index (χ0v) is 15.5. The van der Waals surface area contributed by atoms with Crippen molar-refractivity contribution in [3.05, 3.63) is 45.6 Å². The average molecular weight is 401 g/mol. The van der Waals surface area contributed by atoms with Gasteiger partial charge in [-0.2, -0.15) is 0 Å². The molecule has 1 aromatic carbocycles. The molecule has 0 aliphatic carbocycles. The van der Waals surface area contributed by atoms with Gasteiger partial charge in [-0.1, -0.05) is 30.1 Å². The zero-order chi connectivity index (χ0) is 19.3. The second kappa shape index (κ2) is 8.91. The molecule has 1 heterocycles. The van der Waals surface area contributed by atoms with Gasteiger partial charge in [0.25, 0.3) is 0 Å². The van der Waals surface area contributed by atoms with Crippen molar-refractivity contribution < 1.29 is 23.5 Å². The SMILES string of the molecule is CCOC(=O)COC(=O)c1cc(-c2ncnc(CC)c2Cl)c(F)cc1Cl. The monoisotopic (exact) mass is 400 g/mol. The quantitative estimate of drug-likeness (QED) is 0.684. The Labute approximate surface area is 159 Å². The van der Waals surface area contributed by atoms with Crippen LogP contribution < -0.4 is 0 Å². The summed E-state index contributed by atoms with van der Waals surface area (Å²) in [5.74, 6) is -2.31. The van der Waals surface area contributed by atoms with E-state index >= 15 is 0 Å². The van der Waals surface area contributed by atoms with Crippen LogP contribution >= 0.6 is 23.2 Å². The van der Waals surface area contributed by atoms with Crippen LogP contribution in [0.3, 0.4) is 0 Å². The molecule has 2 rings (SSSR count). The highest BCUT2D eigenvalue weighted by molar-refractivity contribution is 6.34. The summed E-state index contributed by atoms with van der Waals surface area (Å²) in [5.41, 5.74) is 0.518. The van der Waals surface area contributed by atoms with Gasteiger partial charge < -0.3 is 9.47 Å². The van der Waals surface area contributed by atoms with Crippen LogP contribution in [0.25, 0.3) is 11.3 Å². The minimum absolute atomic E-state index is 0.0282. The number of esters is 2. The maximum Gasteiger partial charge on any atom is 0.344 e. The van der Waals surface area contributed by atoms with Crippen LogP contribution in [-0.4, -0.2) is 35.1 Å². The first kappa shape index (κ1) is 20.1. The van der Waals surface area contributed by atoms with Gasteiger partial charge in [0.05, 0.1) is 33.6 Å². The lowest BCUT2D eigenvalue weighted by atomic mass is 10.1. The molecule has 26 heavy (non-hydrogen) atoms. The largest absolute Gasteiger partial charge is 0.463 e. The van der Waals surface area contributed by atoms with Gasteiger partial charge in [0, 0.05) is 5.56 Å². The number of aryl methyl sites for hydroxylation is 1. The molecule has 0 radical (unpaired) electrons. The van der Waals surface area contributed by atoms with Gasteiger partial charge in [-0.25, -0.2) is 23.9 Å². The molecular weight excluding hydrogens is 386 g/mol. The summed E-state index contributed by atoms with van der Waals surface area (Å²) in [5, 5.41) is 0.0167. The molecule has 0 unspecified atom stereocenters. The molecule has 0 aliphatic heterocycles. The van der Waals surface area contributed by atoms with E-state index in [0.717, 1.165) is 6.07 Å². The van der Waals surface area contributed by atoms with Gasteiger partial charge in [0.2, 0.25) is 0 Å². The first-order chi connectivity index (χ1) is 12.4. The molecule has 6 nitrogen and oxygen atoms in total. The topological polar surface area (TPSA) is 78.4 Å². The maximum atomic E-state index is 14.4. The van der Waals surface area contributed by atoms with Crippen molar-refractivity contribution in [1.82, 2.24) is 9.97 Å². The van der Waals surface area contributed by atoms with Crippen LogP contribution in [0, 0.1) is 5.82 Å². The second-order valence-electron chi connectivity index (χ2n) is 5.03. The van der Waals surface area contributed by atoms with E-state index in [1.807, 2.05) is 6.92 Å². The van der Waals surface area contributed by atoms with Crippen LogP contribution in [0.1, 0.15) is 29.9 Å². The van der Waals surface area contributed by atoms with Crippen molar-refractivity contribution in [3.63, 3.8) is 0 Å². The van der Waals surface area contributed by atoms with Crippen LogP contribution in [0.15, 0.2) is 18.5 Å². The van der Waals surface area contributed by atoms with Crippen LogP contribution in [0.5, 0.6) is 0 Å². The van der Waals surface area contributed by atoms with E-state index in [4.69, 9.17) is 27.9 Å². The molecule has 0 atom stereocenters. The molecule has 1 aromatic heterocycles. The van der Waals surface area contributed by atoms with E-state index < -0.39 is 24.4 Å². The number of carbonyl (C=O) groups excluding carboxylic acids is 2. The Hall–Kier alpha value is -2.25. The Morgan fingerprint density at radius 2 is 1.88 bits per heavy atom. The second-order valence-corrected chi connectivity index (χ2v) is 5.81. The average Bonchev–Trinajstić information content (AvgIpc) is 2.61. The van der Waals surface area contributed by atoms with Gasteiger partial charge >= 0.3 is 11.9 Å². The predicted molar refractivity (Wildman–Crippen MR) is 93.7 cm³/mol. The number of ether oxygens (including phenoxy) is 2. The summed E-state index contributed by atoms with van der Waals surface area (Å²) in [6.07, 6.45) is 1.78. The number of hydrogen-bond donors (Lipinski definition) is 0. The van der Waals surface area contributed by atoms with Gasteiger partial charge in [-0.3, -0.25) is 0 Å². The maximum absolute atomic E-state index is 14.4. The van der Waals surface area contributed by atoms with E-state index in [-0.39, 0.29) is 33.5 Å². The fourth-order valence-corrected chi connectivity index (χ4v) is 2.69. The summed E-state index contributed by atoms with van der Waals surface area (Å²) < 4.78 is 23.9. The first-order valence-corrected chi connectivity index (χ1v) is 8.46. The van der Waals surface area contributed by atoms with Crippen molar-refractivity contribution in [2.45, 2.75) is 20.3 Å². The van der Waals surface area contributed by atoms with Gasteiger partial charge in [0.1, 0.15) is 12.1 Å². The lowest BCUT2D eigenvalue weighted by Gasteiger charge is -2.11. The third-order valence-electron chi connectivity index (χ3n) is 3.35. The van der Waals surface area contributed by atoms with E-state index in [1.165, 1.54) is 12.4 Å². The van der Waals surface area contributed by atoms with Crippen molar-refractivity contribution in [1.29, 1.82) is 0 Å². The van der Waals surface area contributed by atoms with Crippen LogP contribution in [0.2, 0.25) is 10.0 Å². The summed E-state index contributed by atoms with van der Waals surface area (Å²) in [6.45, 7) is 3.04. The molecule has 0 amide bonds. The van der Waals surface area contributed by atoms with Gasteiger partial charge in [-0.15, -0.1) is 0 Å². The molecule has 2 aromatic rings. The standard InChI is InChI=1S/C17H15Cl2FN2O4/c1-3-13-15(19)16(22-8-21-13)10-5-9(11(18)6-12(10)20)17(24)26-7-14(23)25-4-2/h5-6,8H,3-4,7H2,1-2H3. The number of hydrogen-bond acceptors (Lipinski definition) is 6. The highest BCUT2D eigenvalue weighted by Gasteiger charge is 2.21. The first-order valence-electron chi connectivity index (χ1n) is 7.70. The van der Waals surface area contributed by atoms with Crippen molar-refractivity contribution in [2.75, 3.05) is 13.2 Å². The van der Waals surface area contributed by atoms with Crippen molar-refractivity contribution in [3.8, 4) is 11.3 Å². The van der Waals surface area contributed by atoms with E-state index in [1.54, 1.807) is 6.92 Å².